The van der Waals surface area contributed by atoms with Crippen molar-refractivity contribution in [2.24, 2.45) is 0 Å². The Morgan fingerprint density at radius 2 is 2.09 bits per heavy atom. The van der Waals surface area contributed by atoms with Crippen molar-refractivity contribution in [2.75, 3.05) is 50.0 Å². The lowest BCUT2D eigenvalue weighted by atomic mass is 9.91. The number of anilines is 2. The molecule has 0 spiro atoms. The monoisotopic (exact) mass is 661 g/mol. The van der Waals surface area contributed by atoms with Crippen LogP contribution in [0.2, 0.25) is 0 Å². The minimum atomic E-state index is -4.87. The first-order valence-electron chi connectivity index (χ1n) is 15.6. The average molecular weight is 662 g/mol. The van der Waals surface area contributed by atoms with Crippen molar-refractivity contribution in [1.82, 2.24) is 19.8 Å². The van der Waals surface area contributed by atoms with Gasteiger partial charge < -0.3 is 25.0 Å². The van der Waals surface area contributed by atoms with E-state index in [1.807, 2.05) is 4.90 Å². The van der Waals surface area contributed by atoms with Gasteiger partial charge in [-0.25, -0.2) is 8.78 Å². The number of nitrogen functional groups attached to an aromatic ring is 1. The molecule has 6 rings (SSSR count). The number of aromatic nitrogens is 2. The number of nitrogens with zero attached hydrogens (tertiary/aromatic N) is 6. The topological polar surface area (TPSA) is 121 Å². The highest BCUT2D eigenvalue weighted by Gasteiger charge is 2.49. The van der Waals surface area contributed by atoms with E-state index in [2.05, 4.69) is 22.5 Å². The smallest absolute Gasteiger partial charge is 0.417 e. The van der Waals surface area contributed by atoms with Crippen LogP contribution in [-0.2, 0) is 28.7 Å². The minimum absolute atomic E-state index is 0.0440. The fourth-order valence-electron chi connectivity index (χ4n) is 7.65. The van der Waals surface area contributed by atoms with Gasteiger partial charge in [0.05, 0.1) is 53.7 Å². The lowest BCUT2D eigenvalue weighted by Gasteiger charge is -2.42. The zero-order chi connectivity index (χ0) is 33.7. The highest BCUT2D eigenvalue weighted by molar-refractivity contribution is 5.87. The first kappa shape index (κ1) is 32.9. The Labute approximate surface area is 268 Å². The predicted octanol–water partition coefficient (Wildman–Crippen LogP) is 4.41. The van der Waals surface area contributed by atoms with E-state index >= 15 is 4.39 Å². The molecule has 1 amide bonds. The molecule has 1 aromatic heterocycles. The second kappa shape index (κ2) is 12.5. The Bertz CT molecular complexity index is 1610. The van der Waals surface area contributed by atoms with Gasteiger partial charge in [-0.2, -0.15) is 28.4 Å². The molecule has 2 aromatic rings. The third kappa shape index (κ3) is 6.09. The van der Waals surface area contributed by atoms with Crippen LogP contribution >= 0.6 is 0 Å². The SMILES string of the molecule is C=CC(=O)N1CCN(c2nc(OC[C@@]34CCCN3C[C@H](F)C4)nc3c2COC(c2c(F)c(N)cc(C)c2C(F)(F)F)C3)C[C@@H]1CC#N. The molecular formula is C32H36F5N7O3. The highest BCUT2D eigenvalue weighted by atomic mass is 19.4. The number of piperazine rings is 1. The minimum Gasteiger partial charge on any atom is -0.461 e. The fraction of sp³-hybridized carbons (Fsp3) is 0.562. The number of hydrogen-bond donors (Lipinski definition) is 1. The van der Waals surface area contributed by atoms with E-state index in [9.17, 15) is 27.6 Å². The van der Waals surface area contributed by atoms with Gasteiger partial charge >= 0.3 is 12.2 Å². The lowest BCUT2D eigenvalue weighted by Crippen LogP contribution is -2.55. The first-order valence-corrected chi connectivity index (χ1v) is 15.6. The van der Waals surface area contributed by atoms with E-state index in [1.54, 1.807) is 4.90 Å². The number of carbonyl (C=O) groups excluding carboxylic acids is 1. The molecule has 4 atom stereocenters. The number of benzene rings is 1. The summed E-state index contributed by atoms with van der Waals surface area (Å²) in [4.78, 5) is 27.3. The van der Waals surface area contributed by atoms with Crippen molar-refractivity contribution in [3.05, 3.63) is 52.5 Å². The van der Waals surface area contributed by atoms with Crippen LogP contribution in [0.4, 0.5) is 33.5 Å². The number of nitriles is 1. The van der Waals surface area contributed by atoms with Crippen molar-refractivity contribution < 1.29 is 36.2 Å². The van der Waals surface area contributed by atoms with E-state index < -0.39 is 52.7 Å². The normalized spacial score (nSPS) is 26.1. The summed E-state index contributed by atoms with van der Waals surface area (Å²) in [7, 11) is 0. The molecule has 4 aliphatic rings. The maximum absolute atomic E-state index is 15.4. The number of halogens is 5. The largest absolute Gasteiger partial charge is 0.461 e. The molecule has 47 heavy (non-hydrogen) atoms. The summed E-state index contributed by atoms with van der Waals surface area (Å²) in [6.45, 7) is 6.52. The van der Waals surface area contributed by atoms with Crippen LogP contribution in [-0.4, -0.2) is 82.8 Å². The van der Waals surface area contributed by atoms with Gasteiger partial charge in [0, 0.05) is 50.1 Å². The summed E-state index contributed by atoms with van der Waals surface area (Å²) >= 11 is 0. The number of alkyl halides is 4. The molecule has 3 fully saturated rings. The summed E-state index contributed by atoms with van der Waals surface area (Å²) in [6, 6.07) is 2.53. The quantitative estimate of drug-likeness (QED) is 0.261. The van der Waals surface area contributed by atoms with E-state index in [0.29, 0.717) is 36.6 Å². The molecule has 15 heteroatoms. The summed E-state index contributed by atoms with van der Waals surface area (Å²) in [5.41, 5.74) is 3.57. The molecule has 2 N–H and O–H groups in total. The van der Waals surface area contributed by atoms with Crippen molar-refractivity contribution in [3.63, 3.8) is 0 Å². The Kier molecular flexibility index (Phi) is 8.77. The molecule has 1 aromatic carbocycles. The second-order valence-electron chi connectivity index (χ2n) is 12.7. The number of nitrogens with two attached hydrogens (primary N) is 1. The van der Waals surface area contributed by atoms with Crippen molar-refractivity contribution in [1.29, 1.82) is 5.26 Å². The Morgan fingerprint density at radius 1 is 1.30 bits per heavy atom. The maximum Gasteiger partial charge on any atom is 0.417 e. The standard InChI is InChI=1S/C32H36F5N7O3/c1-3-25(45)44-10-9-42(15-20(44)5-7-38)29-21-16-46-24(26-27(32(35,36)37)18(2)11-22(39)28(26)34)12-23(21)40-30(41-29)47-17-31-6-4-8-43(31)14-19(33)13-31/h3,11,19-20,24H,1,4-6,8-10,12-17,39H2,2H3/t19-,20+,24?,31+/m1/s1. The molecule has 0 radical (unpaired) electrons. The maximum atomic E-state index is 15.4. The van der Waals surface area contributed by atoms with Crippen LogP contribution in [0.5, 0.6) is 6.01 Å². The molecule has 0 bridgehead atoms. The van der Waals surface area contributed by atoms with Crippen molar-refractivity contribution in [3.8, 4) is 12.1 Å². The lowest BCUT2D eigenvalue weighted by molar-refractivity contribution is -0.140. The van der Waals surface area contributed by atoms with Crippen LogP contribution in [0.3, 0.4) is 0 Å². The number of hydrogen-bond acceptors (Lipinski definition) is 9. The Hall–Kier alpha value is -4.03. The predicted molar refractivity (Wildman–Crippen MR) is 161 cm³/mol. The summed E-state index contributed by atoms with van der Waals surface area (Å²) in [5.74, 6) is -1.13. The molecule has 252 valence electrons. The molecule has 10 nitrogen and oxygen atoms in total. The van der Waals surface area contributed by atoms with E-state index in [0.717, 1.165) is 25.5 Å². The number of ether oxygens (including phenoxy) is 2. The second-order valence-corrected chi connectivity index (χ2v) is 12.7. The van der Waals surface area contributed by atoms with Crippen molar-refractivity contribution in [2.45, 2.75) is 75.7 Å². The van der Waals surface area contributed by atoms with Gasteiger partial charge in [-0.05, 0) is 44.0 Å². The molecule has 3 saturated heterocycles. The van der Waals surface area contributed by atoms with Crippen LogP contribution in [0, 0.1) is 24.1 Å². The number of fused-ring (bicyclic) bond motifs is 2. The molecule has 0 saturated carbocycles. The van der Waals surface area contributed by atoms with Gasteiger partial charge in [0.2, 0.25) is 5.91 Å². The van der Waals surface area contributed by atoms with Crippen LogP contribution in [0.1, 0.15) is 59.7 Å². The van der Waals surface area contributed by atoms with E-state index in [-0.39, 0.29) is 56.6 Å². The summed E-state index contributed by atoms with van der Waals surface area (Å²) in [6.07, 6.45) is -4.27. The van der Waals surface area contributed by atoms with E-state index in [4.69, 9.17) is 20.2 Å². The highest BCUT2D eigenvalue weighted by Crippen LogP contribution is 2.45. The molecular weight excluding hydrogens is 625 g/mol. The molecule has 1 unspecified atom stereocenters. The van der Waals surface area contributed by atoms with Crippen LogP contribution < -0.4 is 15.4 Å². The Morgan fingerprint density at radius 3 is 2.81 bits per heavy atom. The van der Waals surface area contributed by atoms with Gasteiger partial charge in [-0.15, -0.1) is 0 Å². The number of rotatable bonds is 7. The number of carbonyl (C=O) groups is 1. The van der Waals surface area contributed by atoms with Gasteiger partial charge in [0.15, 0.2) is 5.82 Å². The zero-order valence-electron chi connectivity index (χ0n) is 26.0. The van der Waals surface area contributed by atoms with Crippen LogP contribution in [0.25, 0.3) is 0 Å². The third-order valence-corrected chi connectivity index (χ3v) is 9.79. The molecule has 4 aliphatic heterocycles. The number of amides is 1. The van der Waals surface area contributed by atoms with Gasteiger partial charge in [0.1, 0.15) is 18.6 Å². The zero-order valence-corrected chi connectivity index (χ0v) is 26.0. The third-order valence-electron chi connectivity index (χ3n) is 9.79. The molecule has 5 heterocycles. The number of aryl methyl sites for hydroxylation is 1. The average Bonchev–Trinajstić information content (AvgIpc) is 3.55. The summed E-state index contributed by atoms with van der Waals surface area (Å²) in [5, 5.41) is 9.48. The first-order chi connectivity index (χ1) is 22.3. The van der Waals surface area contributed by atoms with Gasteiger partial charge in [0.25, 0.3) is 0 Å². The van der Waals surface area contributed by atoms with Gasteiger partial charge in [-0.3, -0.25) is 9.69 Å². The van der Waals surface area contributed by atoms with Crippen LogP contribution in [0.15, 0.2) is 18.7 Å². The Balaban J connectivity index is 1.38. The van der Waals surface area contributed by atoms with Gasteiger partial charge in [-0.1, -0.05) is 6.58 Å². The fourth-order valence-corrected chi connectivity index (χ4v) is 7.65. The molecule has 0 aliphatic carbocycles. The van der Waals surface area contributed by atoms with E-state index in [1.165, 1.54) is 13.0 Å². The van der Waals surface area contributed by atoms with Crippen molar-refractivity contribution >= 4 is 17.4 Å². The summed E-state index contributed by atoms with van der Waals surface area (Å²) < 4.78 is 84.7.